The third-order valence-electron chi connectivity index (χ3n) is 6.91. The molecule has 0 aliphatic carbocycles. The fourth-order valence-electron chi connectivity index (χ4n) is 4.82. The molecule has 0 bridgehead atoms. The maximum atomic E-state index is 14.0. The van der Waals surface area contributed by atoms with Crippen LogP contribution in [0.4, 0.5) is 0 Å². The molecule has 1 aromatic heterocycles. The molecule has 0 saturated carbocycles. The lowest BCUT2D eigenvalue weighted by atomic mass is 9.95. The lowest BCUT2D eigenvalue weighted by molar-refractivity contribution is -0.141. The van der Waals surface area contributed by atoms with E-state index >= 15 is 0 Å². The first-order valence-electron chi connectivity index (χ1n) is 12.4. The van der Waals surface area contributed by atoms with Gasteiger partial charge in [0, 0.05) is 43.5 Å². The van der Waals surface area contributed by atoms with E-state index in [9.17, 15) is 18.0 Å². The number of piperazine rings is 1. The van der Waals surface area contributed by atoms with Gasteiger partial charge in [-0.3, -0.25) is 14.6 Å². The van der Waals surface area contributed by atoms with E-state index in [0.29, 0.717) is 10.6 Å². The van der Waals surface area contributed by atoms with Gasteiger partial charge in [0.25, 0.3) is 0 Å². The van der Waals surface area contributed by atoms with Crippen LogP contribution in [0.15, 0.2) is 65.8 Å². The van der Waals surface area contributed by atoms with Crippen LogP contribution < -0.4 is 0 Å². The second-order valence-corrected chi connectivity index (χ2v) is 11.5. The maximum Gasteiger partial charge on any atom is 0.303 e. The number of sulfonamides is 1. The highest BCUT2D eigenvalue weighted by atomic mass is 35.5. The van der Waals surface area contributed by atoms with Crippen LogP contribution in [0.3, 0.4) is 0 Å². The monoisotopic (exact) mass is 555 g/mol. The van der Waals surface area contributed by atoms with Crippen LogP contribution in [0.1, 0.15) is 42.5 Å². The van der Waals surface area contributed by atoms with Gasteiger partial charge in [0.15, 0.2) is 0 Å². The number of carbonyl (C=O) groups excluding carboxylic acids is 1. The molecule has 2 heterocycles. The fraction of sp³-hybridized carbons (Fsp3) is 0.321. The average molecular weight is 556 g/mol. The summed E-state index contributed by atoms with van der Waals surface area (Å²) in [5, 5.41) is 9.38. The Morgan fingerprint density at radius 1 is 1.11 bits per heavy atom. The Hall–Kier alpha value is -3.27. The lowest BCUT2D eigenvalue weighted by Crippen LogP contribution is -2.52. The van der Waals surface area contributed by atoms with Gasteiger partial charge in [-0.25, -0.2) is 8.42 Å². The summed E-state index contributed by atoms with van der Waals surface area (Å²) in [6.07, 6.45) is 3.92. The van der Waals surface area contributed by atoms with E-state index in [1.807, 2.05) is 43.5 Å². The number of aliphatic carboxylic acids is 1. The molecular formula is C28H30ClN3O5S. The molecule has 1 fully saturated rings. The Balaban J connectivity index is 1.77. The van der Waals surface area contributed by atoms with Crippen molar-refractivity contribution in [3.05, 3.63) is 82.6 Å². The topological polar surface area (TPSA) is 108 Å². The number of nitrogens with zero attached hydrogens (tertiary/aromatic N) is 3. The predicted octanol–water partition coefficient (Wildman–Crippen LogP) is 4.71. The quantitative estimate of drug-likeness (QED) is 0.431. The van der Waals surface area contributed by atoms with Gasteiger partial charge in [0.1, 0.15) is 0 Å². The number of carboxylic acids is 1. The zero-order chi connectivity index (χ0) is 27.4. The number of aromatic nitrogens is 1. The fourth-order valence-corrected chi connectivity index (χ4v) is 6.90. The molecule has 1 unspecified atom stereocenters. The molecule has 38 heavy (non-hydrogen) atoms. The van der Waals surface area contributed by atoms with Gasteiger partial charge >= 0.3 is 5.97 Å². The normalized spacial score (nSPS) is 16.4. The van der Waals surface area contributed by atoms with Gasteiger partial charge in [0.2, 0.25) is 15.9 Å². The zero-order valence-electron chi connectivity index (χ0n) is 21.3. The summed E-state index contributed by atoms with van der Waals surface area (Å²) in [6, 6.07) is 13.7. The summed E-state index contributed by atoms with van der Waals surface area (Å²) in [5.74, 6) is -1.36. The highest BCUT2D eigenvalue weighted by Crippen LogP contribution is 2.36. The van der Waals surface area contributed by atoms with E-state index in [0.717, 1.165) is 28.7 Å². The molecule has 3 aromatic rings. The van der Waals surface area contributed by atoms with Crippen molar-refractivity contribution >= 4 is 33.5 Å². The number of halogens is 1. The summed E-state index contributed by atoms with van der Waals surface area (Å²) >= 11 is 6.27. The van der Waals surface area contributed by atoms with Crippen LogP contribution in [-0.4, -0.2) is 59.2 Å². The minimum Gasteiger partial charge on any atom is -0.481 e. The Labute approximate surface area is 227 Å². The second kappa shape index (κ2) is 11.6. The van der Waals surface area contributed by atoms with Crippen molar-refractivity contribution in [2.75, 3.05) is 19.6 Å². The van der Waals surface area contributed by atoms with Gasteiger partial charge in [0.05, 0.1) is 17.4 Å². The van der Waals surface area contributed by atoms with Gasteiger partial charge in [-0.2, -0.15) is 4.31 Å². The Morgan fingerprint density at radius 2 is 1.87 bits per heavy atom. The van der Waals surface area contributed by atoms with Gasteiger partial charge in [-0.1, -0.05) is 42.8 Å². The minimum absolute atomic E-state index is 0.0669. The smallest absolute Gasteiger partial charge is 0.303 e. The molecule has 1 aliphatic rings. The third kappa shape index (κ3) is 5.75. The summed E-state index contributed by atoms with van der Waals surface area (Å²) in [5.41, 5.74) is 4.20. The van der Waals surface area contributed by atoms with Crippen LogP contribution in [-0.2, 0) is 26.0 Å². The highest BCUT2D eigenvalue weighted by Gasteiger charge is 2.39. The summed E-state index contributed by atoms with van der Waals surface area (Å²) < 4.78 is 29.4. The van der Waals surface area contributed by atoms with Crippen molar-refractivity contribution in [1.82, 2.24) is 14.2 Å². The van der Waals surface area contributed by atoms with E-state index in [2.05, 4.69) is 4.98 Å². The van der Waals surface area contributed by atoms with E-state index in [4.69, 9.17) is 16.7 Å². The largest absolute Gasteiger partial charge is 0.481 e. The molecule has 0 radical (unpaired) electrons. The van der Waals surface area contributed by atoms with E-state index in [1.54, 1.807) is 36.2 Å². The van der Waals surface area contributed by atoms with E-state index in [1.165, 1.54) is 4.31 Å². The van der Waals surface area contributed by atoms with Crippen molar-refractivity contribution in [3.63, 3.8) is 0 Å². The van der Waals surface area contributed by atoms with Crippen molar-refractivity contribution in [3.8, 4) is 11.1 Å². The number of pyridine rings is 1. The number of carbonyl (C=O) groups is 2. The van der Waals surface area contributed by atoms with Crippen LogP contribution in [0.5, 0.6) is 0 Å². The predicted molar refractivity (Wildman–Crippen MR) is 145 cm³/mol. The average Bonchev–Trinajstić information content (AvgIpc) is 2.92. The Kier molecular flexibility index (Phi) is 8.50. The number of benzene rings is 2. The molecule has 8 nitrogen and oxygen atoms in total. The number of hydrogen-bond donors (Lipinski definition) is 1. The highest BCUT2D eigenvalue weighted by molar-refractivity contribution is 7.89. The van der Waals surface area contributed by atoms with Crippen LogP contribution in [0, 0.1) is 6.92 Å². The Morgan fingerprint density at radius 3 is 2.61 bits per heavy atom. The van der Waals surface area contributed by atoms with E-state index < -0.39 is 22.0 Å². The van der Waals surface area contributed by atoms with Gasteiger partial charge in [-0.05, 0) is 65.4 Å². The van der Waals surface area contributed by atoms with Crippen molar-refractivity contribution in [1.29, 1.82) is 0 Å². The number of aryl methyl sites for hydroxylation is 1. The van der Waals surface area contributed by atoms with Crippen molar-refractivity contribution in [2.45, 2.75) is 44.0 Å². The Bertz CT molecular complexity index is 1460. The third-order valence-corrected chi connectivity index (χ3v) is 9.37. The molecule has 200 valence electrons. The standard InChI is InChI=1S/C28H30ClN3O5S/c1-3-20-17-30-13-12-23(20)21-6-4-7-22(16-21)25-18-31(27(33)10-11-28(34)35)14-15-32(25)38(36,37)26-9-5-8-24(29)19(26)2/h4-9,12-13,16-17,25H,3,10-11,14-15,18H2,1-2H3,(H,34,35). The molecule has 1 N–H and O–H groups in total. The van der Waals surface area contributed by atoms with Gasteiger partial charge in [-0.15, -0.1) is 0 Å². The van der Waals surface area contributed by atoms with E-state index in [-0.39, 0.29) is 43.3 Å². The number of rotatable bonds is 8. The summed E-state index contributed by atoms with van der Waals surface area (Å²) in [6.45, 7) is 4.06. The van der Waals surface area contributed by atoms with Gasteiger partial charge < -0.3 is 10.0 Å². The number of hydrogen-bond acceptors (Lipinski definition) is 5. The van der Waals surface area contributed by atoms with Crippen LogP contribution in [0.25, 0.3) is 11.1 Å². The minimum atomic E-state index is -3.97. The molecule has 2 aromatic carbocycles. The first kappa shape index (κ1) is 27.8. The van der Waals surface area contributed by atoms with Crippen LogP contribution in [0.2, 0.25) is 5.02 Å². The number of carboxylic acid groups (broad SMARTS) is 1. The molecule has 1 amide bonds. The first-order valence-corrected chi connectivity index (χ1v) is 14.2. The SMILES string of the molecule is CCc1cnccc1-c1cccc(C2CN(C(=O)CCC(=O)O)CCN2S(=O)(=O)c2cccc(Cl)c2C)c1. The summed E-state index contributed by atoms with van der Waals surface area (Å²) in [7, 11) is -3.97. The first-order chi connectivity index (χ1) is 18.1. The molecule has 1 atom stereocenters. The molecule has 10 heteroatoms. The molecular weight excluding hydrogens is 526 g/mol. The molecule has 1 aliphatic heterocycles. The van der Waals surface area contributed by atoms with Crippen molar-refractivity contribution in [2.24, 2.45) is 0 Å². The molecule has 4 rings (SSSR count). The number of amides is 1. The second-order valence-electron chi connectivity index (χ2n) is 9.24. The molecule has 0 spiro atoms. The zero-order valence-corrected chi connectivity index (χ0v) is 22.9. The summed E-state index contributed by atoms with van der Waals surface area (Å²) in [4.78, 5) is 29.8. The van der Waals surface area contributed by atoms with Crippen LogP contribution >= 0.6 is 11.6 Å². The lowest BCUT2D eigenvalue weighted by Gasteiger charge is -2.41. The molecule has 1 saturated heterocycles. The maximum absolute atomic E-state index is 14.0. The van der Waals surface area contributed by atoms with Crippen molar-refractivity contribution < 1.29 is 23.1 Å².